The van der Waals surface area contributed by atoms with E-state index in [1.165, 1.54) is 6.92 Å². The first-order valence-electron chi connectivity index (χ1n) is 3.50. The van der Waals surface area contributed by atoms with Crippen molar-refractivity contribution in [1.82, 2.24) is 0 Å². The van der Waals surface area contributed by atoms with E-state index in [2.05, 4.69) is 4.74 Å². The molecule has 0 saturated carbocycles. The van der Waals surface area contributed by atoms with Crippen LogP contribution in [0.4, 0.5) is 0 Å². The van der Waals surface area contributed by atoms with Crippen LogP contribution in [0, 0.1) is 0 Å². The van der Waals surface area contributed by atoms with Crippen LogP contribution < -0.4 is 0 Å². The Morgan fingerprint density at radius 1 is 1.38 bits per heavy atom. The van der Waals surface area contributed by atoms with Gasteiger partial charge in [0.15, 0.2) is 4.30 Å². The number of alkyl halides is 3. The maximum Gasteiger partial charge on any atom is 0.302 e. The van der Waals surface area contributed by atoms with Crippen LogP contribution in [0.2, 0.25) is 0 Å². The van der Waals surface area contributed by atoms with E-state index in [4.69, 9.17) is 49.8 Å². The summed E-state index contributed by atoms with van der Waals surface area (Å²) in [6.07, 6.45) is 0. The number of carboxylic acid groups (broad SMARTS) is 1. The summed E-state index contributed by atoms with van der Waals surface area (Å²) in [7, 11) is 1.00. The third kappa shape index (κ3) is 299. The van der Waals surface area contributed by atoms with Crippen LogP contribution in [0.25, 0.3) is 0 Å². The molecule has 0 saturated heterocycles. The van der Waals surface area contributed by atoms with Gasteiger partial charge in [0.25, 0.3) is 6.47 Å². The molecule has 0 bridgehead atoms. The van der Waals surface area contributed by atoms with E-state index >= 15 is 0 Å². The van der Waals surface area contributed by atoms with Crippen LogP contribution in [0.15, 0.2) is 0 Å². The van der Waals surface area contributed by atoms with Crippen molar-refractivity contribution in [3.05, 3.63) is 0 Å². The van der Waals surface area contributed by atoms with Crippen molar-refractivity contribution in [2.75, 3.05) is 13.7 Å². The van der Waals surface area contributed by atoms with Gasteiger partial charge in [0.2, 0.25) is 0 Å². The number of rotatable bonds is 1. The SMILES string of the molecule is CCOC(C)=O.CO.ClC(Cl)Cl.O.O=CO. The summed E-state index contributed by atoms with van der Waals surface area (Å²) in [5.74, 6) is -0.211. The second-order valence-corrected chi connectivity index (χ2v) is 3.26. The molecule has 102 valence electrons. The minimum atomic E-state index is -0.750. The second kappa shape index (κ2) is 36.4. The van der Waals surface area contributed by atoms with Crippen molar-refractivity contribution < 1.29 is 30.0 Å². The summed E-state index contributed by atoms with van der Waals surface area (Å²) >= 11 is 14.4. The average molecular weight is 304 g/mol. The minimum Gasteiger partial charge on any atom is -0.483 e. The molecule has 6 nitrogen and oxygen atoms in total. The normalized spacial score (nSPS) is 6.25. The van der Waals surface area contributed by atoms with Crippen molar-refractivity contribution >= 4 is 47.2 Å². The third-order valence-electron chi connectivity index (χ3n) is 0.348. The lowest BCUT2D eigenvalue weighted by Gasteiger charge is -1.89. The van der Waals surface area contributed by atoms with E-state index in [1.807, 2.05) is 0 Å². The fraction of sp³-hybridized carbons (Fsp3) is 0.714. The molecule has 0 aromatic heterocycles. The minimum absolute atomic E-state index is 0. The molecule has 0 amide bonds. The molecule has 0 unspecified atom stereocenters. The first-order chi connectivity index (χ1) is 6.92. The van der Waals surface area contributed by atoms with Crippen molar-refractivity contribution in [3.8, 4) is 0 Å². The highest BCUT2D eigenvalue weighted by atomic mass is 35.6. The van der Waals surface area contributed by atoms with E-state index in [1.54, 1.807) is 6.92 Å². The average Bonchev–Trinajstić information content (AvgIpc) is 2.07. The Morgan fingerprint density at radius 2 is 1.56 bits per heavy atom. The zero-order valence-electron chi connectivity index (χ0n) is 9.11. The fourth-order valence-corrected chi connectivity index (χ4v) is 0.203. The van der Waals surface area contributed by atoms with Gasteiger partial charge in [0.05, 0.1) is 6.61 Å². The lowest BCUT2D eigenvalue weighted by atomic mass is 10.8. The molecular formula is C7H17Cl3O6. The summed E-state index contributed by atoms with van der Waals surface area (Å²) in [4.78, 5) is 18.2. The van der Waals surface area contributed by atoms with Gasteiger partial charge in [0, 0.05) is 14.0 Å². The van der Waals surface area contributed by atoms with Crippen LogP contribution in [-0.2, 0) is 14.3 Å². The van der Waals surface area contributed by atoms with Gasteiger partial charge in [-0.15, -0.1) is 0 Å². The number of hydrogen-bond donors (Lipinski definition) is 2. The first-order valence-corrected chi connectivity index (χ1v) is 4.81. The lowest BCUT2D eigenvalue weighted by molar-refractivity contribution is -0.140. The van der Waals surface area contributed by atoms with Gasteiger partial charge in [-0.25, -0.2) is 0 Å². The Kier molecular flexibility index (Phi) is 67.5. The maximum absolute atomic E-state index is 9.82. The Balaban J connectivity index is -0.0000000358. The summed E-state index contributed by atoms with van der Waals surface area (Å²) in [5.41, 5.74) is 0. The van der Waals surface area contributed by atoms with E-state index in [0.29, 0.717) is 6.61 Å². The molecule has 4 N–H and O–H groups in total. The molecule has 0 atom stereocenters. The third-order valence-corrected chi connectivity index (χ3v) is 0.348. The van der Waals surface area contributed by atoms with E-state index in [0.717, 1.165) is 7.11 Å². The van der Waals surface area contributed by atoms with Gasteiger partial charge >= 0.3 is 5.97 Å². The monoisotopic (exact) mass is 302 g/mol. The molecule has 9 heteroatoms. The van der Waals surface area contributed by atoms with Crippen molar-refractivity contribution in [3.63, 3.8) is 0 Å². The van der Waals surface area contributed by atoms with Gasteiger partial charge in [-0.05, 0) is 6.92 Å². The Bertz CT molecular complexity index is 120. The molecule has 0 aliphatic carbocycles. The number of ether oxygens (including phenoxy) is 1. The molecule has 0 heterocycles. The van der Waals surface area contributed by atoms with E-state index in [9.17, 15) is 4.79 Å². The number of carbonyl (C=O) groups is 2. The summed E-state index contributed by atoms with van der Waals surface area (Å²) in [6, 6.07) is 0. The Labute approximate surface area is 109 Å². The summed E-state index contributed by atoms with van der Waals surface area (Å²) < 4.78 is 3.65. The molecule has 0 aromatic carbocycles. The highest BCUT2D eigenvalue weighted by Gasteiger charge is 1.81. The number of carbonyl (C=O) groups excluding carboxylic acids is 1. The van der Waals surface area contributed by atoms with E-state index < -0.39 is 4.30 Å². The molecule has 0 radical (unpaired) electrons. The Hall–Kier alpha value is -0.270. The van der Waals surface area contributed by atoms with Crippen LogP contribution in [0.3, 0.4) is 0 Å². The summed E-state index contributed by atoms with van der Waals surface area (Å²) in [6.45, 7) is 3.40. The number of halogens is 3. The maximum atomic E-state index is 9.82. The van der Waals surface area contributed by atoms with Gasteiger partial charge in [-0.2, -0.15) is 0 Å². The predicted octanol–water partition coefficient (Wildman–Crippen LogP) is 1.04. The molecule has 0 spiro atoms. The summed E-state index contributed by atoms with van der Waals surface area (Å²) in [5, 5.41) is 13.9. The zero-order chi connectivity index (χ0) is 13.3. The quantitative estimate of drug-likeness (QED) is 0.426. The van der Waals surface area contributed by atoms with Crippen LogP contribution in [0.1, 0.15) is 13.8 Å². The smallest absolute Gasteiger partial charge is 0.302 e. The molecule has 0 aromatic rings. The molecular weight excluding hydrogens is 286 g/mol. The lowest BCUT2D eigenvalue weighted by Crippen LogP contribution is -1.95. The Morgan fingerprint density at radius 3 is 1.56 bits per heavy atom. The van der Waals surface area contributed by atoms with Crippen molar-refractivity contribution in [2.45, 2.75) is 18.1 Å². The van der Waals surface area contributed by atoms with Gasteiger partial charge < -0.3 is 20.4 Å². The molecule has 16 heavy (non-hydrogen) atoms. The van der Waals surface area contributed by atoms with Crippen molar-refractivity contribution in [1.29, 1.82) is 0 Å². The second-order valence-electron chi connectivity index (χ2n) is 1.28. The number of hydrogen-bond acceptors (Lipinski definition) is 4. The molecule has 0 fully saturated rings. The van der Waals surface area contributed by atoms with Crippen LogP contribution in [-0.4, -0.2) is 46.1 Å². The van der Waals surface area contributed by atoms with Crippen LogP contribution >= 0.6 is 34.8 Å². The molecule has 0 aliphatic rings. The highest BCUT2D eigenvalue weighted by Crippen LogP contribution is 2.03. The van der Waals surface area contributed by atoms with Gasteiger partial charge in [-0.1, -0.05) is 34.8 Å². The zero-order valence-corrected chi connectivity index (χ0v) is 11.4. The molecule has 0 rings (SSSR count). The number of esters is 1. The predicted molar refractivity (Wildman–Crippen MR) is 64.1 cm³/mol. The van der Waals surface area contributed by atoms with Crippen LogP contribution in [0.5, 0.6) is 0 Å². The largest absolute Gasteiger partial charge is 0.483 e. The highest BCUT2D eigenvalue weighted by molar-refractivity contribution is 6.63. The molecule has 0 aliphatic heterocycles. The fourth-order valence-electron chi connectivity index (χ4n) is 0.203. The van der Waals surface area contributed by atoms with Gasteiger partial charge in [0.1, 0.15) is 0 Å². The number of aliphatic hydroxyl groups is 1. The topological polar surface area (TPSA) is 115 Å². The van der Waals surface area contributed by atoms with E-state index in [-0.39, 0.29) is 17.9 Å². The van der Waals surface area contributed by atoms with Crippen molar-refractivity contribution in [2.24, 2.45) is 0 Å². The standard InChI is InChI=1S/C4H8O2.CHCl3.CH2O2.CH4O.H2O/c1-3-6-4(2)5;2-1(3)4;2-1-3;1-2;/h3H2,1-2H3;1H;1H,(H,2,3);2H,1H3;1H2. The first kappa shape index (κ1) is 29.6. The van der Waals surface area contributed by atoms with Gasteiger partial charge in [-0.3, -0.25) is 9.59 Å². The number of aliphatic hydroxyl groups excluding tert-OH is 1.